The molecule has 3 heteroatoms. The Balaban J connectivity index is 2.01. The van der Waals surface area contributed by atoms with Crippen LogP contribution in [-0.2, 0) is 13.0 Å². The molecule has 0 radical (unpaired) electrons. The molecular formula is C15H24N2O. The molecule has 1 atom stereocenters. The van der Waals surface area contributed by atoms with Crippen LogP contribution in [0, 0.1) is 0 Å². The average molecular weight is 248 g/mol. The van der Waals surface area contributed by atoms with Gasteiger partial charge in [-0.1, -0.05) is 30.7 Å². The Morgan fingerprint density at radius 3 is 2.44 bits per heavy atom. The maximum Gasteiger partial charge on any atom is 0.0702 e. The molecule has 0 bridgehead atoms. The molecule has 1 aliphatic heterocycles. The summed E-state index contributed by atoms with van der Waals surface area (Å²) in [5.41, 5.74) is 8.07. The Hall–Kier alpha value is -0.900. The van der Waals surface area contributed by atoms with E-state index in [1.807, 2.05) is 6.07 Å². The van der Waals surface area contributed by atoms with E-state index in [2.05, 4.69) is 23.1 Å². The standard InChI is InChI=1S/C15H24N2O/c16-11-15(18)10-13-6-2-3-7-14(13)12-17-8-4-1-5-9-17/h2-3,6-7,15,18H,1,4-5,8-12,16H2. The first kappa shape index (κ1) is 13.5. The number of nitrogens with two attached hydrogens (primary N) is 1. The van der Waals surface area contributed by atoms with E-state index in [-0.39, 0.29) is 0 Å². The summed E-state index contributed by atoms with van der Waals surface area (Å²) in [4.78, 5) is 2.51. The molecule has 1 fully saturated rings. The first-order valence-electron chi connectivity index (χ1n) is 6.97. The fourth-order valence-corrected chi connectivity index (χ4v) is 2.61. The summed E-state index contributed by atoms with van der Waals surface area (Å²) in [7, 11) is 0. The van der Waals surface area contributed by atoms with E-state index < -0.39 is 6.10 Å². The van der Waals surface area contributed by atoms with E-state index in [4.69, 9.17) is 5.73 Å². The lowest BCUT2D eigenvalue weighted by atomic mass is 10.0. The van der Waals surface area contributed by atoms with E-state index in [1.165, 1.54) is 43.5 Å². The van der Waals surface area contributed by atoms with E-state index in [0.717, 1.165) is 6.54 Å². The van der Waals surface area contributed by atoms with Crippen LogP contribution in [-0.4, -0.2) is 35.7 Å². The van der Waals surface area contributed by atoms with Gasteiger partial charge in [-0.25, -0.2) is 0 Å². The van der Waals surface area contributed by atoms with Gasteiger partial charge in [0.2, 0.25) is 0 Å². The maximum absolute atomic E-state index is 9.70. The van der Waals surface area contributed by atoms with Crippen LogP contribution in [0.1, 0.15) is 30.4 Å². The Labute approximate surface area is 110 Å². The molecule has 1 aromatic rings. The van der Waals surface area contributed by atoms with Crippen molar-refractivity contribution in [2.75, 3.05) is 19.6 Å². The predicted octanol–water partition coefficient (Wildman–Crippen LogP) is 1.53. The van der Waals surface area contributed by atoms with Crippen LogP contribution in [0.5, 0.6) is 0 Å². The van der Waals surface area contributed by atoms with Crippen LogP contribution in [0.2, 0.25) is 0 Å². The van der Waals surface area contributed by atoms with Crippen molar-refractivity contribution in [1.29, 1.82) is 0 Å². The van der Waals surface area contributed by atoms with Crippen LogP contribution in [0.25, 0.3) is 0 Å². The smallest absolute Gasteiger partial charge is 0.0702 e. The van der Waals surface area contributed by atoms with Crippen molar-refractivity contribution < 1.29 is 5.11 Å². The predicted molar refractivity (Wildman–Crippen MR) is 74.3 cm³/mol. The topological polar surface area (TPSA) is 49.5 Å². The summed E-state index contributed by atoms with van der Waals surface area (Å²) < 4.78 is 0. The van der Waals surface area contributed by atoms with Gasteiger partial charge >= 0.3 is 0 Å². The highest BCUT2D eigenvalue weighted by atomic mass is 16.3. The van der Waals surface area contributed by atoms with Crippen molar-refractivity contribution in [2.45, 2.75) is 38.3 Å². The molecule has 1 unspecified atom stereocenters. The first-order chi connectivity index (χ1) is 8.79. The minimum absolute atomic E-state index is 0.331. The number of rotatable bonds is 5. The van der Waals surface area contributed by atoms with E-state index >= 15 is 0 Å². The second-order valence-electron chi connectivity index (χ2n) is 5.20. The molecule has 100 valence electrons. The lowest BCUT2D eigenvalue weighted by Crippen LogP contribution is -2.30. The van der Waals surface area contributed by atoms with Crippen molar-refractivity contribution in [3.8, 4) is 0 Å². The molecule has 0 aliphatic carbocycles. The molecule has 1 aliphatic rings. The van der Waals surface area contributed by atoms with Crippen LogP contribution in [0.3, 0.4) is 0 Å². The number of benzene rings is 1. The van der Waals surface area contributed by atoms with Crippen molar-refractivity contribution in [3.05, 3.63) is 35.4 Å². The zero-order chi connectivity index (χ0) is 12.8. The minimum Gasteiger partial charge on any atom is -0.391 e. The van der Waals surface area contributed by atoms with Gasteiger partial charge in [-0.2, -0.15) is 0 Å². The zero-order valence-electron chi connectivity index (χ0n) is 11.0. The fourth-order valence-electron chi connectivity index (χ4n) is 2.61. The lowest BCUT2D eigenvalue weighted by molar-refractivity contribution is 0.181. The second-order valence-corrected chi connectivity index (χ2v) is 5.20. The van der Waals surface area contributed by atoms with Gasteiger partial charge < -0.3 is 10.8 Å². The Kier molecular flexibility index (Phi) is 5.17. The molecule has 0 amide bonds. The summed E-state index contributed by atoms with van der Waals surface area (Å²) in [6.07, 6.45) is 4.23. The molecule has 3 N–H and O–H groups in total. The third-order valence-electron chi connectivity index (χ3n) is 3.69. The number of aliphatic hydroxyl groups is 1. The normalized spacial score (nSPS) is 18.8. The van der Waals surface area contributed by atoms with Crippen molar-refractivity contribution in [3.63, 3.8) is 0 Å². The average Bonchev–Trinajstić information content (AvgIpc) is 2.42. The molecule has 1 heterocycles. The highest BCUT2D eigenvalue weighted by molar-refractivity contribution is 5.27. The van der Waals surface area contributed by atoms with Gasteiger partial charge in [0.15, 0.2) is 0 Å². The van der Waals surface area contributed by atoms with Crippen LogP contribution in [0.4, 0.5) is 0 Å². The summed E-state index contributed by atoms with van der Waals surface area (Å²) >= 11 is 0. The Morgan fingerprint density at radius 1 is 1.11 bits per heavy atom. The summed E-state index contributed by atoms with van der Waals surface area (Å²) in [6, 6.07) is 8.40. The van der Waals surface area contributed by atoms with Crippen molar-refractivity contribution >= 4 is 0 Å². The van der Waals surface area contributed by atoms with Gasteiger partial charge in [0.1, 0.15) is 0 Å². The quantitative estimate of drug-likeness (QED) is 0.831. The van der Waals surface area contributed by atoms with Gasteiger partial charge in [-0.05, 0) is 43.5 Å². The molecular weight excluding hydrogens is 224 g/mol. The minimum atomic E-state index is -0.424. The zero-order valence-corrected chi connectivity index (χ0v) is 11.0. The second kappa shape index (κ2) is 6.88. The molecule has 0 spiro atoms. The van der Waals surface area contributed by atoms with Crippen LogP contribution < -0.4 is 5.73 Å². The Morgan fingerprint density at radius 2 is 1.78 bits per heavy atom. The number of nitrogens with zero attached hydrogens (tertiary/aromatic N) is 1. The van der Waals surface area contributed by atoms with Crippen molar-refractivity contribution in [1.82, 2.24) is 4.90 Å². The van der Waals surface area contributed by atoms with Crippen LogP contribution in [0.15, 0.2) is 24.3 Å². The molecule has 3 nitrogen and oxygen atoms in total. The van der Waals surface area contributed by atoms with E-state index in [9.17, 15) is 5.11 Å². The van der Waals surface area contributed by atoms with E-state index in [0.29, 0.717) is 13.0 Å². The highest BCUT2D eigenvalue weighted by Gasteiger charge is 2.13. The van der Waals surface area contributed by atoms with Gasteiger partial charge in [0, 0.05) is 13.1 Å². The third-order valence-corrected chi connectivity index (χ3v) is 3.69. The van der Waals surface area contributed by atoms with Crippen LogP contribution >= 0.6 is 0 Å². The molecule has 18 heavy (non-hydrogen) atoms. The van der Waals surface area contributed by atoms with Crippen molar-refractivity contribution in [2.24, 2.45) is 5.73 Å². The number of likely N-dealkylation sites (tertiary alicyclic amines) is 1. The third kappa shape index (κ3) is 3.80. The maximum atomic E-state index is 9.70. The van der Waals surface area contributed by atoms with Gasteiger partial charge in [-0.3, -0.25) is 4.90 Å². The molecule has 0 saturated carbocycles. The van der Waals surface area contributed by atoms with E-state index in [1.54, 1.807) is 0 Å². The SMILES string of the molecule is NCC(O)Cc1ccccc1CN1CCCCC1. The summed E-state index contributed by atoms with van der Waals surface area (Å²) in [5, 5.41) is 9.70. The lowest BCUT2D eigenvalue weighted by Gasteiger charge is -2.27. The summed E-state index contributed by atoms with van der Waals surface area (Å²) in [5.74, 6) is 0. The number of piperidine rings is 1. The number of aliphatic hydroxyl groups excluding tert-OH is 1. The number of hydrogen-bond acceptors (Lipinski definition) is 3. The molecule has 0 aromatic heterocycles. The number of hydrogen-bond donors (Lipinski definition) is 2. The molecule has 1 saturated heterocycles. The van der Waals surface area contributed by atoms with Gasteiger partial charge in [0.25, 0.3) is 0 Å². The fraction of sp³-hybridized carbons (Fsp3) is 0.600. The largest absolute Gasteiger partial charge is 0.391 e. The highest BCUT2D eigenvalue weighted by Crippen LogP contribution is 2.17. The van der Waals surface area contributed by atoms with Gasteiger partial charge in [0.05, 0.1) is 6.10 Å². The van der Waals surface area contributed by atoms with Gasteiger partial charge in [-0.15, -0.1) is 0 Å². The Bertz CT molecular complexity index is 361. The molecule has 2 rings (SSSR count). The monoisotopic (exact) mass is 248 g/mol. The molecule has 1 aromatic carbocycles. The first-order valence-corrected chi connectivity index (χ1v) is 6.97. The summed E-state index contributed by atoms with van der Waals surface area (Å²) in [6.45, 7) is 3.74.